The maximum atomic E-state index is 12.8. The lowest BCUT2D eigenvalue weighted by atomic mass is 10.2. The van der Waals surface area contributed by atoms with Crippen molar-refractivity contribution < 1.29 is 13.2 Å². The molecule has 0 bridgehead atoms. The number of hydrogen-bond acceptors (Lipinski definition) is 4. The monoisotopic (exact) mass is 272 g/mol. The summed E-state index contributed by atoms with van der Waals surface area (Å²) in [6, 6.07) is 1.01. The molecule has 0 aromatic carbocycles. The molecule has 0 fully saturated rings. The molecular formula is C12H15F3N4. The number of nitrogens with one attached hydrogen (secondary N) is 1. The molecule has 1 aliphatic rings. The third-order valence-electron chi connectivity index (χ3n) is 2.80. The maximum Gasteiger partial charge on any atom is 0.433 e. The average Bonchev–Trinajstić information content (AvgIpc) is 2.80. The molecule has 4 nitrogen and oxygen atoms in total. The van der Waals surface area contributed by atoms with Gasteiger partial charge >= 0.3 is 6.18 Å². The lowest BCUT2D eigenvalue weighted by Gasteiger charge is -2.18. The topological polar surface area (TPSA) is 41.1 Å². The molecule has 0 radical (unpaired) electrons. The molecule has 7 heteroatoms. The summed E-state index contributed by atoms with van der Waals surface area (Å²) in [6.45, 7) is 0. The maximum absolute atomic E-state index is 12.8. The van der Waals surface area contributed by atoms with Crippen LogP contribution in [0.4, 0.5) is 24.9 Å². The van der Waals surface area contributed by atoms with Crippen molar-refractivity contribution in [3.63, 3.8) is 0 Å². The lowest BCUT2D eigenvalue weighted by molar-refractivity contribution is -0.141. The highest BCUT2D eigenvalue weighted by atomic mass is 19.4. The van der Waals surface area contributed by atoms with Crippen molar-refractivity contribution in [1.29, 1.82) is 0 Å². The normalized spacial score (nSPS) is 15.8. The molecule has 0 aliphatic heterocycles. The Morgan fingerprint density at radius 2 is 1.84 bits per heavy atom. The summed E-state index contributed by atoms with van der Waals surface area (Å²) in [6.07, 6.45) is 1.04. The molecule has 0 amide bonds. The van der Waals surface area contributed by atoms with Crippen LogP contribution in [0.5, 0.6) is 0 Å². The Kier molecular flexibility index (Phi) is 3.64. The first-order chi connectivity index (χ1) is 8.86. The number of alkyl halides is 3. The van der Waals surface area contributed by atoms with E-state index in [1.165, 1.54) is 4.90 Å². The van der Waals surface area contributed by atoms with Gasteiger partial charge < -0.3 is 10.2 Å². The van der Waals surface area contributed by atoms with Gasteiger partial charge in [-0.05, 0) is 12.8 Å². The average molecular weight is 272 g/mol. The Bertz CT molecular complexity index is 474. The van der Waals surface area contributed by atoms with Crippen LogP contribution in [0.1, 0.15) is 18.5 Å². The van der Waals surface area contributed by atoms with Crippen molar-refractivity contribution in [2.45, 2.75) is 25.1 Å². The highest BCUT2D eigenvalue weighted by Gasteiger charge is 2.34. The third-order valence-corrected chi connectivity index (χ3v) is 2.80. The van der Waals surface area contributed by atoms with Crippen LogP contribution in [0.15, 0.2) is 18.2 Å². The van der Waals surface area contributed by atoms with Gasteiger partial charge in [0, 0.05) is 26.2 Å². The molecule has 0 unspecified atom stereocenters. The fourth-order valence-corrected chi connectivity index (χ4v) is 1.79. The first kappa shape index (κ1) is 13.6. The van der Waals surface area contributed by atoms with E-state index < -0.39 is 11.9 Å². The molecule has 1 heterocycles. The van der Waals surface area contributed by atoms with Crippen molar-refractivity contribution >= 4 is 11.8 Å². The number of halogens is 3. The summed E-state index contributed by atoms with van der Waals surface area (Å²) >= 11 is 0. The minimum atomic E-state index is -4.47. The van der Waals surface area contributed by atoms with E-state index in [4.69, 9.17) is 0 Å². The number of aromatic nitrogens is 2. The Balaban J connectivity index is 2.28. The van der Waals surface area contributed by atoms with E-state index >= 15 is 0 Å². The Labute approximate surface area is 109 Å². The minimum absolute atomic E-state index is 0.0206. The second-order valence-electron chi connectivity index (χ2n) is 4.61. The molecule has 1 aromatic heterocycles. The smallest absolute Gasteiger partial charge is 0.363 e. The Morgan fingerprint density at radius 3 is 2.37 bits per heavy atom. The van der Waals surface area contributed by atoms with Crippen LogP contribution in [0.25, 0.3) is 0 Å². The summed E-state index contributed by atoms with van der Waals surface area (Å²) in [5.41, 5.74) is -0.931. The molecule has 2 rings (SSSR count). The van der Waals surface area contributed by atoms with Crippen LogP contribution >= 0.6 is 0 Å². The zero-order valence-electron chi connectivity index (χ0n) is 10.7. The van der Waals surface area contributed by atoms with Crippen LogP contribution in [0, 0.1) is 0 Å². The van der Waals surface area contributed by atoms with Gasteiger partial charge in [-0.3, -0.25) is 0 Å². The van der Waals surface area contributed by atoms with Gasteiger partial charge in [-0.2, -0.15) is 18.2 Å². The second-order valence-corrected chi connectivity index (χ2v) is 4.61. The van der Waals surface area contributed by atoms with Crippen LogP contribution in [0.3, 0.4) is 0 Å². The van der Waals surface area contributed by atoms with Crippen molar-refractivity contribution in [3.05, 3.63) is 23.9 Å². The molecule has 1 aromatic rings. The molecular weight excluding hydrogens is 257 g/mol. The van der Waals surface area contributed by atoms with Gasteiger partial charge in [0.2, 0.25) is 5.95 Å². The molecule has 0 saturated heterocycles. The van der Waals surface area contributed by atoms with Gasteiger partial charge in [0.25, 0.3) is 0 Å². The van der Waals surface area contributed by atoms with Crippen molar-refractivity contribution in [2.75, 3.05) is 24.3 Å². The molecule has 0 saturated carbocycles. The van der Waals surface area contributed by atoms with Crippen LogP contribution in [0.2, 0.25) is 0 Å². The quantitative estimate of drug-likeness (QED) is 0.859. The fraction of sp³-hybridized carbons (Fsp3) is 0.500. The molecule has 1 aliphatic carbocycles. The van der Waals surface area contributed by atoms with E-state index in [2.05, 4.69) is 15.3 Å². The first-order valence-electron chi connectivity index (χ1n) is 5.91. The number of nitrogens with zero attached hydrogens (tertiary/aromatic N) is 3. The summed E-state index contributed by atoms with van der Waals surface area (Å²) < 4.78 is 38.3. The molecule has 19 heavy (non-hydrogen) atoms. The van der Waals surface area contributed by atoms with Gasteiger partial charge in [0.1, 0.15) is 5.82 Å². The Hall–Kier alpha value is -1.79. The van der Waals surface area contributed by atoms with Gasteiger partial charge in [-0.1, -0.05) is 12.2 Å². The van der Waals surface area contributed by atoms with Gasteiger partial charge in [-0.25, -0.2) is 4.98 Å². The molecule has 0 atom stereocenters. The van der Waals surface area contributed by atoms with E-state index in [1.54, 1.807) is 14.1 Å². The SMILES string of the molecule is CN(C)c1cc(C(F)(F)F)nc(NC2CC=CC2)n1. The predicted octanol–water partition coefficient (Wildman–Crippen LogP) is 2.69. The van der Waals surface area contributed by atoms with Crippen LogP contribution in [-0.4, -0.2) is 30.1 Å². The highest BCUT2D eigenvalue weighted by Crippen LogP contribution is 2.30. The number of rotatable bonds is 3. The number of hydrogen-bond donors (Lipinski definition) is 1. The van der Waals surface area contributed by atoms with E-state index in [0.717, 1.165) is 18.9 Å². The summed E-state index contributed by atoms with van der Waals surface area (Å²) in [4.78, 5) is 9.16. The minimum Gasteiger partial charge on any atom is -0.363 e. The molecule has 1 N–H and O–H groups in total. The van der Waals surface area contributed by atoms with E-state index in [1.807, 2.05) is 12.2 Å². The molecule has 104 valence electrons. The summed E-state index contributed by atoms with van der Waals surface area (Å²) in [5, 5.41) is 2.94. The van der Waals surface area contributed by atoms with E-state index in [0.29, 0.717) is 0 Å². The first-order valence-corrected chi connectivity index (χ1v) is 5.91. The van der Waals surface area contributed by atoms with Crippen molar-refractivity contribution in [2.24, 2.45) is 0 Å². The van der Waals surface area contributed by atoms with Crippen LogP contribution < -0.4 is 10.2 Å². The third kappa shape index (κ3) is 3.36. The zero-order chi connectivity index (χ0) is 14.0. The second kappa shape index (κ2) is 5.07. The van der Waals surface area contributed by atoms with E-state index in [9.17, 15) is 13.2 Å². The fourth-order valence-electron chi connectivity index (χ4n) is 1.79. The number of anilines is 2. The molecule has 0 spiro atoms. The van der Waals surface area contributed by atoms with Gasteiger partial charge in [0.05, 0.1) is 0 Å². The predicted molar refractivity (Wildman–Crippen MR) is 67.1 cm³/mol. The van der Waals surface area contributed by atoms with Crippen molar-refractivity contribution in [1.82, 2.24) is 9.97 Å². The van der Waals surface area contributed by atoms with Crippen LogP contribution in [-0.2, 0) is 6.18 Å². The standard InChI is InChI=1S/C12H15F3N4/c1-19(2)10-7-9(12(13,14)15)17-11(18-10)16-8-5-3-4-6-8/h3-4,7-8H,5-6H2,1-2H3,(H,16,17,18). The highest BCUT2D eigenvalue weighted by molar-refractivity contribution is 5.45. The van der Waals surface area contributed by atoms with E-state index in [-0.39, 0.29) is 17.8 Å². The summed E-state index contributed by atoms with van der Waals surface area (Å²) in [5.74, 6) is 0.253. The zero-order valence-corrected chi connectivity index (χ0v) is 10.7. The Morgan fingerprint density at radius 1 is 1.21 bits per heavy atom. The van der Waals surface area contributed by atoms with Gasteiger partial charge in [0.15, 0.2) is 5.69 Å². The summed E-state index contributed by atoms with van der Waals surface area (Å²) in [7, 11) is 3.28. The largest absolute Gasteiger partial charge is 0.433 e. The van der Waals surface area contributed by atoms with Gasteiger partial charge in [-0.15, -0.1) is 0 Å². The lowest BCUT2D eigenvalue weighted by Crippen LogP contribution is -2.21. The van der Waals surface area contributed by atoms with Crippen molar-refractivity contribution in [3.8, 4) is 0 Å².